The van der Waals surface area contributed by atoms with Gasteiger partial charge in [-0.25, -0.2) is 0 Å². The van der Waals surface area contributed by atoms with Crippen LogP contribution in [0.2, 0.25) is 0 Å². The fourth-order valence-electron chi connectivity index (χ4n) is 2.75. The molecule has 1 N–H and O–H groups in total. The van der Waals surface area contributed by atoms with Gasteiger partial charge in [0, 0.05) is 24.4 Å². The minimum atomic E-state index is -0.0895. The predicted octanol–water partition coefficient (Wildman–Crippen LogP) is 3.89. The highest BCUT2D eigenvalue weighted by Gasteiger charge is 2.13. The zero-order valence-electron chi connectivity index (χ0n) is 14.2. The lowest BCUT2D eigenvalue weighted by Gasteiger charge is -2.13. The lowest BCUT2D eigenvalue weighted by Crippen LogP contribution is -2.26. The lowest BCUT2D eigenvalue weighted by molar-refractivity contribution is 0.0940. The van der Waals surface area contributed by atoms with Gasteiger partial charge in [-0.05, 0) is 42.7 Å². The minimum Gasteiger partial charge on any atom is -0.345 e. The fourth-order valence-corrected chi connectivity index (χ4v) is 2.75. The molecule has 1 amide bonds. The highest BCUT2D eigenvalue weighted by Crippen LogP contribution is 2.24. The summed E-state index contributed by atoms with van der Waals surface area (Å²) < 4.78 is 1.73. The van der Waals surface area contributed by atoms with E-state index < -0.39 is 0 Å². The standard InChI is InChI=1S/C20H21N3O/c1-14-7-4-5-10-19(14)16-8-6-9-17(11-16)20(24)22-15(2)18-12-21-23(3)13-18/h4-13,15H,1-3H3,(H,22,24)/t15-/m1/s1. The fraction of sp³-hybridized carbons (Fsp3) is 0.200. The average Bonchev–Trinajstić information content (AvgIpc) is 3.02. The molecule has 1 aromatic heterocycles. The molecule has 4 nitrogen and oxygen atoms in total. The van der Waals surface area contributed by atoms with Crippen LogP contribution in [0.4, 0.5) is 0 Å². The van der Waals surface area contributed by atoms with Gasteiger partial charge < -0.3 is 5.32 Å². The maximum absolute atomic E-state index is 12.6. The van der Waals surface area contributed by atoms with Crippen LogP contribution in [0.5, 0.6) is 0 Å². The summed E-state index contributed by atoms with van der Waals surface area (Å²) in [5.41, 5.74) is 5.04. The molecule has 0 spiro atoms. The quantitative estimate of drug-likeness (QED) is 0.793. The van der Waals surface area contributed by atoms with E-state index in [0.29, 0.717) is 5.56 Å². The highest BCUT2D eigenvalue weighted by atomic mass is 16.1. The first-order valence-corrected chi connectivity index (χ1v) is 8.00. The van der Waals surface area contributed by atoms with Crippen LogP contribution in [0.3, 0.4) is 0 Å². The van der Waals surface area contributed by atoms with E-state index in [-0.39, 0.29) is 11.9 Å². The molecule has 0 saturated heterocycles. The second-order valence-corrected chi connectivity index (χ2v) is 6.04. The summed E-state index contributed by atoms with van der Waals surface area (Å²) in [5, 5.41) is 7.17. The largest absolute Gasteiger partial charge is 0.345 e. The number of hydrogen-bond acceptors (Lipinski definition) is 2. The van der Waals surface area contributed by atoms with Gasteiger partial charge in [-0.15, -0.1) is 0 Å². The van der Waals surface area contributed by atoms with Crippen molar-refractivity contribution in [3.63, 3.8) is 0 Å². The van der Waals surface area contributed by atoms with Crippen molar-refractivity contribution in [2.75, 3.05) is 0 Å². The van der Waals surface area contributed by atoms with Crippen LogP contribution >= 0.6 is 0 Å². The van der Waals surface area contributed by atoms with Crippen molar-refractivity contribution in [1.29, 1.82) is 0 Å². The van der Waals surface area contributed by atoms with Crippen molar-refractivity contribution >= 4 is 5.91 Å². The normalized spacial score (nSPS) is 12.0. The molecule has 3 rings (SSSR count). The van der Waals surface area contributed by atoms with Crippen molar-refractivity contribution in [3.05, 3.63) is 77.6 Å². The zero-order chi connectivity index (χ0) is 17.1. The summed E-state index contributed by atoms with van der Waals surface area (Å²) in [7, 11) is 1.86. The third-order valence-electron chi connectivity index (χ3n) is 4.15. The van der Waals surface area contributed by atoms with Crippen LogP contribution in [-0.2, 0) is 7.05 Å². The third kappa shape index (κ3) is 3.38. The Morgan fingerprint density at radius 3 is 2.67 bits per heavy atom. The van der Waals surface area contributed by atoms with Crippen molar-refractivity contribution in [2.45, 2.75) is 19.9 Å². The smallest absolute Gasteiger partial charge is 0.251 e. The van der Waals surface area contributed by atoms with Gasteiger partial charge in [0.05, 0.1) is 12.2 Å². The van der Waals surface area contributed by atoms with Crippen LogP contribution < -0.4 is 5.32 Å². The summed E-state index contributed by atoms with van der Waals surface area (Å²) in [6, 6.07) is 15.8. The van der Waals surface area contributed by atoms with Gasteiger partial charge in [0.15, 0.2) is 0 Å². The Balaban J connectivity index is 1.81. The molecule has 2 aromatic carbocycles. The van der Waals surface area contributed by atoms with Gasteiger partial charge in [0.25, 0.3) is 5.91 Å². The molecule has 3 aromatic rings. The van der Waals surface area contributed by atoms with E-state index in [1.54, 1.807) is 10.9 Å². The van der Waals surface area contributed by atoms with E-state index in [1.807, 2.05) is 56.6 Å². The lowest BCUT2D eigenvalue weighted by atomic mass is 9.98. The number of nitrogens with zero attached hydrogens (tertiary/aromatic N) is 2. The Labute approximate surface area is 142 Å². The number of aryl methyl sites for hydroxylation is 2. The predicted molar refractivity (Wildman–Crippen MR) is 95.7 cm³/mol. The molecule has 0 aliphatic rings. The number of nitrogens with one attached hydrogen (secondary N) is 1. The number of carbonyl (C=O) groups is 1. The summed E-state index contributed by atoms with van der Waals surface area (Å²) in [6.07, 6.45) is 3.68. The van der Waals surface area contributed by atoms with Crippen LogP contribution in [0.15, 0.2) is 60.9 Å². The van der Waals surface area contributed by atoms with Crippen molar-refractivity contribution < 1.29 is 4.79 Å². The van der Waals surface area contributed by atoms with Gasteiger partial charge in [-0.3, -0.25) is 9.48 Å². The molecule has 0 aliphatic carbocycles. The second-order valence-electron chi connectivity index (χ2n) is 6.04. The maximum atomic E-state index is 12.6. The van der Waals surface area contributed by atoms with Crippen LogP contribution in [-0.4, -0.2) is 15.7 Å². The van der Waals surface area contributed by atoms with Gasteiger partial charge >= 0.3 is 0 Å². The van der Waals surface area contributed by atoms with Crippen molar-refractivity contribution in [2.24, 2.45) is 7.05 Å². The number of amides is 1. The molecule has 0 aliphatic heterocycles. The average molecular weight is 319 g/mol. The summed E-state index contributed by atoms with van der Waals surface area (Å²) in [4.78, 5) is 12.6. The molecule has 24 heavy (non-hydrogen) atoms. The van der Waals surface area contributed by atoms with E-state index in [9.17, 15) is 4.79 Å². The topological polar surface area (TPSA) is 46.9 Å². The Hall–Kier alpha value is -2.88. The highest BCUT2D eigenvalue weighted by molar-refractivity contribution is 5.95. The van der Waals surface area contributed by atoms with Crippen LogP contribution in [0, 0.1) is 6.92 Å². The van der Waals surface area contributed by atoms with E-state index in [1.165, 1.54) is 5.56 Å². The summed E-state index contributed by atoms with van der Waals surface area (Å²) in [6.45, 7) is 4.03. The number of aromatic nitrogens is 2. The Bertz CT molecular complexity index is 867. The van der Waals surface area contributed by atoms with Gasteiger partial charge in [0.1, 0.15) is 0 Å². The van der Waals surface area contributed by atoms with E-state index in [2.05, 4.69) is 29.5 Å². The summed E-state index contributed by atoms with van der Waals surface area (Å²) >= 11 is 0. The Morgan fingerprint density at radius 2 is 1.96 bits per heavy atom. The third-order valence-corrected chi connectivity index (χ3v) is 4.15. The first-order valence-electron chi connectivity index (χ1n) is 8.00. The van der Waals surface area contributed by atoms with E-state index >= 15 is 0 Å². The monoisotopic (exact) mass is 319 g/mol. The molecule has 4 heteroatoms. The molecule has 0 radical (unpaired) electrons. The summed E-state index contributed by atoms with van der Waals surface area (Å²) in [5.74, 6) is -0.0817. The van der Waals surface area contributed by atoms with E-state index in [4.69, 9.17) is 0 Å². The molecule has 0 fully saturated rings. The number of rotatable bonds is 4. The number of carbonyl (C=O) groups excluding carboxylic acids is 1. The number of hydrogen-bond donors (Lipinski definition) is 1. The molecule has 1 heterocycles. The zero-order valence-corrected chi connectivity index (χ0v) is 14.2. The first kappa shape index (κ1) is 16.0. The minimum absolute atomic E-state index is 0.0817. The second kappa shape index (κ2) is 6.71. The molecule has 1 atom stereocenters. The first-order chi connectivity index (χ1) is 11.5. The van der Waals surface area contributed by atoms with E-state index in [0.717, 1.165) is 16.7 Å². The maximum Gasteiger partial charge on any atom is 0.251 e. The molecule has 122 valence electrons. The molecule has 0 unspecified atom stereocenters. The molecular formula is C20H21N3O. The molecular weight excluding hydrogens is 298 g/mol. The van der Waals surface area contributed by atoms with Crippen LogP contribution in [0.1, 0.15) is 34.5 Å². The van der Waals surface area contributed by atoms with Crippen molar-refractivity contribution in [1.82, 2.24) is 15.1 Å². The van der Waals surface area contributed by atoms with Gasteiger partial charge in [-0.1, -0.05) is 36.4 Å². The van der Waals surface area contributed by atoms with Crippen LogP contribution in [0.25, 0.3) is 11.1 Å². The molecule has 0 saturated carbocycles. The Morgan fingerprint density at radius 1 is 1.17 bits per heavy atom. The van der Waals surface area contributed by atoms with Gasteiger partial charge in [0.2, 0.25) is 0 Å². The Kier molecular flexibility index (Phi) is 4.47. The molecule has 0 bridgehead atoms. The van der Waals surface area contributed by atoms with Crippen molar-refractivity contribution in [3.8, 4) is 11.1 Å². The van der Waals surface area contributed by atoms with Gasteiger partial charge in [-0.2, -0.15) is 5.10 Å². The SMILES string of the molecule is Cc1ccccc1-c1cccc(C(=O)N[C@H](C)c2cnn(C)c2)c1. The number of benzene rings is 2.